The maximum atomic E-state index is 11.2. The third kappa shape index (κ3) is 2.95. The molecule has 0 fully saturated rings. The molecule has 0 aliphatic heterocycles. The van der Waals surface area contributed by atoms with Crippen LogP contribution >= 0.6 is 0 Å². The highest BCUT2D eigenvalue weighted by Gasteiger charge is 2.42. The molecule has 0 rings (SSSR count). The Morgan fingerprint density at radius 1 is 1.14 bits per heavy atom. The molecule has 0 aromatic carbocycles. The number of carboxylic acid groups (broad SMARTS) is 1. The fourth-order valence-corrected chi connectivity index (χ4v) is 0.716. The molecule has 0 radical (unpaired) electrons. The maximum Gasteiger partial charge on any atom is 0.398 e. The van der Waals surface area contributed by atoms with Crippen molar-refractivity contribution in [2.75, 3.05) is 27.9 Å². The van der Waals surface area contributed by atoms with E-state index in [4.69, 9.17) is 5.11 Å². The number of aliphatic carboxylic acids is 1. The first-order valence-corrected chi connectivity index (χ1v) is 3.57. The van der Waals surface area contributed by atoms with Crippen LogP contribution in [0.2, 0.25) is 0 Å². The summed E-state index contributed by atoms with van der Waals surface area (Å²) >= 11 is 0. The third-order valence-electron chi connectivity index (χ3n) is 1.38. The Morgan fingerprint density at radius 3 is 1.86 bits per heavy atom. The van der Waals surface area contributed by atoms with Crippen LogP contribution in [-0.2, 0) is 28.5 Å². The molecule has 0 heterocycles. The minimum atomic E-state index is -2.00. The lowest BCUT2D eigenvalue weighted by Crippen LogP contribution is -2.46. The molecule has 0 atom stereocenters. The first kappa shape index (κ1) is 12.8. The summed E-state index contributed by atoms with van der Waals surface area (Å²) < 4.78 is 18.2. The minimum Gasteiger partial charge on any atom is -0.479 e. The Balaban J connectivity index is 4.36. The van der Waals surface area contributed by atoms with Crippen molar-refractivity contribution in [3.8, 4) is 0 Å². The lowest BCUT2D eigenvalue weighted by atomic mass is 10.5. The van der Waals surface area contributed by atoms with Crippen LogP contribution in [0.1, 0.15) is 0 Å². The predicted octanol–water partition coefficient (Wildman–Crippen LogP) is -0.793. The van der Waals surface area contributed by atoms with Crippen LogP contribution in [0.25, 0.3) is 0 Å². The minimum absolute atomic E-state index is 0.781. The van der Waals surface area contributed by atoms with E-state index < -0.39 is 24.5 Å². The van der Waals surface area contributed by atoms with E-state index in [2.05, 4.69) is 18.9 Å². The number of methoxy groups -OCH3 is 3. The molecule has 1 N–H and O–H groups in total. The largest absolute Gasteiger partial charge is 0.479 e. The second kappa shape index (κ2) is 5.53. The molecule has 0 aliphatic carbocycles. The Kier molecular flexibility index (Phi) is 5.06. The highest BCUT2D eigenvalue weighted by atomic mass is 16.9. The van der Waals surface area contributed by atoms with Crippen molar-refractivity contribution in [1.29, 1.82) is 0 Å². The Bertz CT molecular complexity index is 200. The van der Waals surface area contributed by atoms with Gasteiger partial charge in [-0.25, -0.2) is 9.59 Å². The van der Waals surface area contributed by atoms with E-state index in [9.17, 15) is 9.59 Å². The lowest BCUT2D eigenvalue weighted by Gasteiger charge is -2.25. The number of carbonyl (C=O) groups excluding carboxylic acids is 1. The summed E-state index contributed by atoms with van der Waals surface area (Å²) in [5.74, 6) is -4.35. The van der Waals surface area contributed by atoms with Gasteiger partial charge in [0.05, 0.1) is 0 Å². The molecule has 7 heteroatoms. The number of carboxylic acids is 1. The zero-order chi connectivity index (χ0) is 11.2. The normalized spacial score (nSPS) is 11.1. The fraction of sp³-hybridized carbons (Fsp3) is 0.714. The van der Waals surface area contributed by atoms with Gasteiger partial charge >= 0.3 is 17.9 Å². The summed E-state index contributed by atoms with van der Waals surface area (Å²) in [7, 11) is 3.49. The molecule has 14 heavy (non-hydrogen) atoms. The van der Waals surface area contributed by atoms with E-state index >= 15 is 0 Å². The van der Waals surface area contributed by atoms with Crippen LogP contribution < -0.4 is 0 Å². The van der Waals surface area contributed by atoms with E-state index in [1.807, 2.05) is 0 Å². The van der Waals surface area contributed by atoms with Gasteiger partial charge in [0.2, 0.25) is 0 Å². The van der Waals surface area contributed by atoms with Crippen LogP contribution in [0.5, 0.6) is 0 Å². The molecule has 0 saturated heterocycles. The summed E-state index contributed by atoms with van der Waals surface area (Å²) in [4.78, 5) is 21.3. The number of esters is 1. The number of rotatable bonds is 6. The molecule has 0 aromatic rings. The summed E-state index contributed by atoms with van der Waals surface area (Å²) in [6.07, 6.45) is 0. The van der Waals surface area contributed by atoms with Crippen LogP contribution in [0.4, 0.5) is 0 Å². The second-order valence-electron chi connectivity index (χ2n) is 2.14. The highest BCUT2D eigenvalue weighted by Crippen LogP contribution is 2.13. The SMILES string of the molecule is COC(OC)(OC)C(=O)OCC(=O)O. The van der Waals surface area contributed by atoms with E-state index in [0.29, 0.717) is 0 Å². The zero-order valence-electron chi connectivity index (χ0n) is 8.10. The van der Waals surface area contributed by atoms with Crippen LogP contribution in [-0.4, -0.2) is 51.0 Å². The number of hydrogen-bond acceptors (Lipinski definition) is 6. The van der Waals surface area contributed by atoms with E-state index in [-0.39, 0.29) is 0 Å². The molecule has 0 amide bonds. The Morgan fingerprint density at radius 2 is 1.57 bits per heavy atom. The van der Waals surface area contributed by atoms with E-state index in [1.165, 1.54) is 0 Å². The topological polar surface area (TPSA) is 91.3 Å². The Labute approximate surface area is 80.5 Å². The quantitative estimate of drug-likeness (QED) is 0.451. The molecule has 0 spiro atoms. The van der Waals surface area contributed by atoms with Crippen molar-refractivity contribution >= 4 is 11.9 Å². The number of hydrogen-bond donors (Lipinski definition) is 1. The molecule has 0 bridgehead atoms. The summed E-state index contributed by atoms with van der Waals surface area (Å²) in [6.45, 7) is -0.781. The van der Waals surface area contributed by atoms with Gasteiger partial charge in [-0.05, 0) is 0 Å². The second-order valence-corrected chi connectivity index (χ2v) is 2.14. The van der Waals surface area contributed by atoms with Gasteiger partial charge in [-0.3, -0.25) is 0 Å². The lowest BCUT2D eigenvalue weighted by molar-refractivity contribution is -0.337. The smallest absolute Gasteiger partial charge is 0.398 e. The first-order chi connectivity index (χ1) is 6.52. The monoisotopic (exact) mass is 208 g/mol. The zero-order valence-corrected chi connectivity index (χ0v) is 8.10. The van der Waals surface area contributed by atoms with Crippen molar-refractivity contribution < 1.29 is 33.6 Å². The standard InChI is InChI=1S/C7H12O7/c1-11-7(12-2,13-3)6(10)14-4-5(8)9/h4H2,1-3H3,(H,8,9). The summed E-state index contributed by atoms with van der Waals surface area (Å²) in [5.41, 5.74) is 0. The maximum absolute atomic E-state index is 11.2. The molecule has 7 nitrogen and oxygen atoms in total. The van der Waals surface area contributed by atoms with Gasteiger partial charge < -0.3 is 24.1 Å². The first-order valence-electron chi connectivity index (χ1n) is 3.57. The van der Waals surface area contributed by atoms with Gasteiger partial charge in [-0.2, -0.15) is 0 Å². The van der Waals surface area contributed by atoms with Crippen molar-refractivity contribution in [3.05, 3.63) is 0 Å². The Hall–Kier alpha value is -1.18. The molecular weight excluding hydrogens is 196 g/mol. The molecule has 82 valence electrons. The van der Waals surface area contributed by atoms with Crippen molar-refractivity contribution in [2.24, 2.45) is 0 Å². The van der Waals surface area contributed by atoms with Gasteiger partial charge in [0.15, 0.2) is 6.61 Å². The molecule has 0 saturated carbocycles. The highest BCUT2D eigenvalue weighted by molar-refractivity contribution is 5.79. The number of carbonyl (C=O) groups is 2. The fourth-order valence-electron chi connectivity index (χ4n) is 0.716. The van der Waals surface area contributed by atoms with Crippen LogP contribution in [0.15, 0.2) is 0 Å². The molecular formula is C7H12O7. The van der Waals surface area contributed by atoms with Crippen molar-refractivity contribution in [3.63, 3.8) is 0 Å². The van der Waals surface area contributed by atoms with Crippen molar-refractivity contribution in [2.45, 2.75) is 5.97 Å². The predicted molar refractivity (Wildman–Crippen MR) is 42.4 cm³/mol. The molecule has 0 unspecified atom stereocenters. The average molecular weight is 208 g/mol. The van der Waals surface area contributed by atoms with Crippen molar-refractivity contribution in [1.82, 2.24) is 0 Å². The number of ether oxygens (including phenoxy) is 4. The average Bonchev–Trinajstić information content (AvgIpc) is 2.18. The van der Waals surface area contributed by atoms with E-state index in [1.54, 1.807) is 0 Å². The van der Waals surface area contributed by atoms with Crippen LogP contribution in [0.3, 0.4) is 0 Å². The van der Waals surface area contributed by atoms with E-state index in [0.717, 1.165) is 21.3 Å². The molecule has 0 aromatic heterocycles. The van der Waals surface area contributed by atoms with Gasteiger partial charge in [-0.1, -0.05) is 0 Å². The third-order valence-corrected chi connectivity index (χ3v) is 1.38. The van der Waals surface area contributed by atoms with Gasteiger partial charge in [0.1, 0.15) is 0 Å². The van der Waals surface area contributed by atoms with Gasteiger partial charge in [0.25, 0.3) is 0 Å². The van der Waals surface area contributed by atoms with Gasteiger partial charge in [-0.15, -0.1) is 0 Å². The summed E-state index contributed by atoms with van der Waals surface area (Å²) in [5, 5.41) is 8.25. The molecule has 0 aliphatic rings. The summed E-state index contributed by atoms with van der Waals surface area (Å²) in [6, 6.07) is 0. The van der Waals surface area contributed by atoms with Crippen LogP contribution in [0, 0.1) is 0 Å². The van der Waals surface area contributed by atoms with Gasteiger partial charge in [0, 0.05) is 21.3 Å².